The van der Waals surface area contributed by atoms with Crippen LogP contribution in [-0.2, 0) is 9.59 Å². The van der Waals surface area contributed by atoms with Crippen LogP contribution in [0.2, 0.25) is 0 Å². The van der Waals surface area contributed by atoms with Gasteiger partial charge in [0.15, 0.2) is 0 Å². The second-order valence-corrected chi connectivity index (χ2v) is 8.36. The second-order valence-electron chi connectivity index (χ2n) is 8.36. The molecule has 1 heterocycles. The highest BCUT2D eigenvalue weighted by Crippen LogP contribution is 2.45. The van der Waals surface area contributed by atoms with Crippen molar-refractivity contribution in [3.63, 3.8) is 0 Å². The van der Waals surface area contributed by atoms with Crippen LogP contribution < -0.4 is 10.6 Å². The van der Waals surface area contributed by atoms with E-state index in [9.17, 15) is 14.4 Å². The van der Waals surface area contributed by atoms with Crippen LogP contribution in [0.25, 0.3) is 0 Å². The van der Waals surface area contributed by atoms with Gasteiger partial charge in [-0.05, 0) is 49.9 Å². The molecule has 2 aliphatic carbocycles. The highest BCUT2D eigenvalue weighted by atomic mass is 16.2. The summed E-state index contributed by atoms with van der Waals surface area (Å²) in [6.45, 7) is 6.60. The number of carbonyl (C=O) groups is 3. The molecule has 134 valence electrons. The molecule has 0 aromatic heterocycles. The van der Waals surface area contributed by atoms with E-state index in [1.165, 1.54) is 0 Å². The Bertz CT molecular complexity index is 546. The van der Waals surface area contributed by atoms with Crippen LogP contribution in [-0.4, -0.2) is 40.9 Å². The Labute approximate surface area is 143 Å². The minimum Gasteiger partial charge on any atom is -0.352 e. The first-order valence-corrected chi connectivity index (χ1v) is 9.21. The van der Waals surface area contributed by atoms with E-state index in [0.29, 0.717) is 18.8 Å². The summed E-state index contributed by atoms with van der Waals surface area (Å²) >= 11 is 0. The molecule has 0 unspecified atom stereocenters. The third kappa shape index (κ3) is 3.15. The molecule has 1 aliphatic heterocycles. The van der Waals surface area contributed by atoms with Gasteiger partial charge in [0, 0.05) is 6.04 Å². The summed E-state index contributed by atoms with van der Waals surface area (Å²) in [4.78, 5) is 38.1. The van der Waals surface area contributed by atoms with Crippen molar-refractivity contribution in [2.45, 2.75) is 77.3 Å². The third-order valence-electron chi connectivity index (χ3n) is 6.35. The number of nitrogens with zero attached hydrogens (tertiary/aromatic N) is 1. The number of rotatable bonds is 5. The zero-order valence-corrected chi connectivity index (χ0v) is 15.0. The molecule has 0 aromatic carbocycles. The summed E-state index contributed by atoms with van der Waals surface area (Å²) in [5.74, 6) is 0.120. The smallest absolute Gasteiger partial charge is 0.325 e. The van der Waals surface area contributed by atoms with Crippen molar-refractivity contribution in [1.82, 2.24) is 15.5 Å². The molecule has 3 aliphatic rings. The Morgan fingerprint density at radius 1 is 1.25 bits per heavy atom. The number of imide groups is 1. The van der Waals surface area contributed by atoms with Gasteiger partial charge in [-0.25, -0.2) is 4.79 Å². The van der Waals surface area contributed by atoms with Crippen molar-refractivity contribution in [2.75, 3.05) is 6.54 Å². The fourth-order valence-corrected chi connectivity index (χ4v) is 3.98. The Morgan fingerprint density at radius 3 is 2.42 bits per heavy atom. The SMILES string of the molecule is CCC(C)(C)C1CCC2(CC1)NC(=O)N(CC(=O)NC1CC1)C2=O. The van der Waals surface area contributed by atoms with E-state index in [1.807, 2.05) is 0 Å². The zero-order valence-electron chi connectivity index (χ0n) is 15.0. The first kappa shape index (κ1) is 17.2. The number of hydrogen-bond donors (Lipinski definition) is 2. The maximum Gasteiger partial charge on any atom is 0.325 e. The first-order chi connectivity index (χ1) is 11.3. The van der Waals surface area contributed by atoms with E-state index in [2.05, 4.69) is 31.4 Å². The fourth-order valence-electron chi connectivity index (χ4n) is 3.98. The van der Waals surface area contributed by atoms with Crippen molar-refractivity contribution in [3.8, 4) is 0 Å². The highest BCUT2D eigenvalue weighted by Gasteiger charge is 2.53. The van der Waals surface area contributed by atoms with Crippen LogP contribution in [0.3, 0.4) is 0 Å². The molecule has 24 heavy (non-hydrogen) atoms. The fraction of sp³-hybridized carbons (Fsp3) is 0.833. The maximum atomic E-state index is 12.8. The van der Waals surface area contributed by atoms with Crippen LogP contribution >= 0.6 is 0 Å². The number of amides is 4. The molecular formula is C18H29N3O3. The maximum absolute atomic E-state index is 12.8. The van der Waals surface area contributed by atoms with Gasteiger partial charge in [-0.3, -0.25) is 14.5 Å². The lowest BCUT2D eigenvalue weighted by atomic mass is 9.65. The van der Waals surface area contributed by atoms with E-state index in [-0.39, 0.29) is 29.8 Å². The monoisotopic (exact) mass is 335 g/mol. The van der Waals surface area contributed by atoms with Gasteiger partial charge >= 0.3 is 6.03 Å². The van der Waals surface area contributed by atoms with Crippen LogP contribution in [0.15, 0.2) is 0 Å². The van der Waals surface area contributed by atoms with Gasteiger partial charge in [0.25, 0.3) is 5.91 Å². The second kappa shape index (κ2) is 6.05. The number of nitrogens with one attached hydrogen (secondary N) is 2. The number of urea groups is 1. The van der Waals surface area contributed by atoms with Crippen molar-refractivity contribution in [1.29, 1.82) is 0 Å². The van der Waals surface area contributed by atoms with E-state index < -0.39 is 11.6 Å². The molecule has 2 N–H and O–H groups in total. The van der Waals surface area contributed by atoms with Gasteiger partial charge < -0.3 is 10.6 Å². The largest absolute Gasteiger partial charge is 0.352 e. The van der Waals surface area contributed by atoms with Crippen molar-refractivity contribution >= 4 is 17.8 Å². The summed E-state index contributed by atoms with van der Waals surface area (Å²) in [6.07, 6.45) is 6.32. The molecule has 0 atom stereocenters. The van der Waals surface area contributed by atoms with Gasteiger partial charge in [-0.15, -0.1) is 0 Å². The van der Waals surface area contributed by atoms with Crippen LogP contribution in [0.1, 0.15) is 65.7 Å². The van der Waals surface area contributed by atoms with E-state index >= 15 is 0 Å². The molecule has 1 saturated heterocycles. The summed E-state index contributed by atoms with van der Waals surface area (Å²) in [6, 6.07) is -0.182. The van der Waals surface area contributed by atoms with Gasteiger partial charge in [0.05, 0.1) is 0 Å². The van der Waals surface area contributed by atoms with Crippen molar-refractivity contribution in [3.05, 3.63) is 0 Å². The molecule has 3 rings (SSSR count). The number of hydrogen-bond acceptors (Lipinski definition) is 3. The molecule has 3 fully saturated rings. The lowest BCUT2D eigenvalue weighted by molar-refractivity contribution is -0.136. The first-order valence-electron chi connectivity index (χ1n) is 9.21. The molecule has 6 heteroatoms. The Morgan fingerprint density at radius 2 is 1.88 bits per heavy atom. The molecule has 0 bridgehead atoms. The average molecular weight is 335 g/mol. The number of carbonyl (C=O) groups excluding carboxylic acids is 3. The standard InChI is InChI=1S/C18H29N3O3/c1-4-17(2,3)12-7-9-18(10-8-12)15(23)21(16(24)20-18)11-14(22)19-13-5-6-13/h12-13H,4-11H2,1-3H3,(H,19,22)(H,20,24). The molecule has 2 saturated carbocycles. The molecule has 4 amide bonds. The van der Waals surface area contributed by atoms with E-state index in [1.54, 1.807) is 0 Å². The van der Waals surface area contributed by atoms with Crippen LogP contribution in [0.4, 0.5) is 4.79 Å². The van der Waals surface area contributed by atoms with Gasteiger partial charge in [-0.1, -0.05) is 27.2 Å². The highest BCUT2D eigenvalue weighted by molar-refractivity contribution is 6.09. The Hall–Kier alpha value is -1.59. The van der Waals surface area contributed by atoms with E-state index in [0.717, 1.165) is 37.0 Å². The summed E-state index contributed by atoms with van der Waals surface area (Å²) < 4.78 is 0. The average Bonchev–Trinajstić information content (AvgIpc) is 3.32. The lowest BCUT2D eigenvalue weighted by Crippen LogP contribution is -2.51. The van der Waals surface area contributed by atoms with Gasteiger partial charge in [0.1, 0.15) is 12.1 Å². The van der Waals surface area contributed by atoms with Gasteiger partial charge in [-0.2, -0.15) is 0 Å². The van der Waals surface area contributed by atoms with Crippen molar-refractivity contribution in [2.24, 2.45) is 11.3 Å². The van der Waals surface area contributed by atoms with Crippen LogP contribution in [0, 0.1) is 11.3 Å². The molecule has 0 radical (unpaired) electrons. The summed E-state index contributed by atoms with van der Waals surface area (Å²) in [7, 11) is 0. The minimum absolute atomic E-state index is 0.160. The quantitative estimate of drug-likeness (QED) is 0.756. The Balaban J connectivity index is 1.62. The third-order valence-corrected chi connectivity index (χ3v) is 6.35. The van der Waals surface area contributed by atoms with Crippen LogP contribution in [0.5, 0.6) is 0 Å². The predicted molar refractivity (Wildman–Crippen MR) is 90.2 cm³/mol. The minimum atomic E-state index is -0.780. The normalized spacial score (nSPS) is 30.6. The summed E-state index contributed by atoms with van der Waals surface area (Å²) in [5, 5.41) is 5.73. The molecule has 0 aromatic rings. The predicted octanol–water partition coefficient (Wildman–Crippen LogP) is 2.18. The molecule has 6 nitrogen and oxygen atoms in total. The Kier molecular flexibility index (Phi) is 4.34. The summed E-state index contributed by atoms with van der Waals surface area (Å²) in [5.41, 5.74) is -0.519. The topological polar surface area (TPSA) is 78.5 Å². The zero-order chi connectivity index (χ0) is 17.5. The lowest BCUT2D eigenvalue weighted by Gasteiger charge is -2.42. The van der Waals surface area contributed by atoms with E-state index in [4.69, 9.17) is 0 Å². The molecular weight excluding hydrogens is 306 g/mol. The van der Waals surface area contributed by atoms with Gasteiger partial charge in [0.2, 0.25) is 5.91 Å². The molecule has 1 spiro atoms. The van der Waals surface area contributed by atoms with Crippen molar-refractivity contribution < 1.29 is 14.4 Å².